The molecule has 2 aliphatic rings. The van der Waals surface area contributed by atoms with Crippen LogP contribution in [0.15, 0.2) is 48.8 Å². The molecular weight excluding hydrogens is 555 g/mol. The van der Waals surface area contributed by atoms with Crippen LogP contribution in [0.1, 0.15) is 18.9 Å². The Bertz CT molecular complexity index is 1470. The van der Waals surface area contributed by atoms with Crippen molar-refractivity contribution >= 4 is 23.2 Å². The van der Waals surface area contributed by atoms with Crippen molar-refractivity contribution in [3.63, 3.8) is 0 Å². The number of aliphatic hydroxyl groups excluding tert-OH is 2. The van der Waals surface area contributed by atoms with Crippen LogP contribution in [0, 0.1) is 11.3 Å². The number of aromatic nitrogens is 3. The summed E-state index contributed by atoms with van der Waals surface area (Å²) in [5.41, 5.74) is 2.72. The summed E-state index contributed by atoms with van der Waals surface area (Å²) >= 11 is 0. The Hall–Kier alpha value is -4.38. The SMILES string of the molecule is CC1CN(C)CCN1c1ccc(Nc2ncnc(-c3ccc(O[C@H]4CCN(C(=O)C(O)CO)C[C@H]4F)c(C#N)c3)n2)cc1. The van der Waals surface area contributed by atoms with Crippen molar-refractivity contribution in [3.05, 3.63) is 54.4 Å². The molecule has 13 heteroatoms. The minimum Gasteiger partial charge on any atom is -0.486 e. The summed E-state index contributed by atoms with van der Waals surface area (Å²) in [5, 5.41) is 31.5. The van der Waals surface area contributed by atoms with E-state index >= 15 is 0 Å². The lowest BCUT2D eigenvalue weighted by atomic mass is 10.0. The summed E-state index contributed by atoms with van der Waals surface area (Å²) in [4.78, 5) is 31.0. The number of benzene rings is 2. The maximum atomic E-state index is 14.9. The molecular formula is C30H35FN8O4. The lowest BCUT2D eigenvalue weighted by molar-refractivity contribution is -0.146. The number of piperidine rings is 1. The molecule has 1 amide bonds. The van der Waals surface area contributed by atoms with Gasteiger partial charge in [-0.15, -0.1) is 0 Å². The number of likely N-dealkylation sites (N-methyl/N-ethyl adjacent to an activating group) is 1. The number of aliphatic hydroxyl groups is 2. The highest BCUT2D eigenvalue weighted by atomic mass is 19.1. The molecule has 2 saturated heterocycles. The number of hydrogen-bond acceptors (Lipinski definition) is 11. The first-order chi connectivity index (χ1) is 20.7. The molecule has 2 unspecified atom stereocenters. The van der Waals surface area contributed by atoms with E-state index < -0.39 is 30.9 Å². The number of alkyl halides is 1. The molecule has 43 heavy (non-hydrogen) atoms. The fourth-order valence-electron chi connectivity index (χ4n) is 5.41. The number of rotatable bonds is 8. The van der Waals surface area contributed by atoms with Crippen LogP contribution in [-0.4, -0.2) is 112 Å². The summed E-state index contributed by atoms with van der Waals surface area (Å²) in [6.07, 6.45) is -2.45. The van der Waals surface area contributed by atoms with Gasteiger partial charge >= 0.3 is 0 Å². The number of piperazine rings is 1. The quantitative estimate of drug-likeness (QED) is 0.353. The highest BCUT2D eigenvalue weighted by molar-refractivity contribution is 5.81. The summed E-state index contributed by atoms with van der Waals surface area (Å²) < 4.78 is 20.7. The van der Waals surface area contributed by atoms with Crippen LogP contribution < -0.4 is 15.0 Å². The van der Waals surface area contributed by atoms with E-state index in [-0.39, 0.29) is 30.8 Å². The molecule has 4 atom stereocenters. The maximum Gasteiger partial charge on any atom is 0.253 e. The number of nitrogens with one attached hydrogen (secondary N) is 1. The van der Waals surface area contributed by atoms with E-state index in [1.807, 2.05) is 12.1 Å². The monoisotopic (exact) mass is 590 g/mol. The minimum atomic E-state index is -1.58. The number of ether oxygens (including phenoxy) is 1. The minimum absolute atomic E-state index is 0.152. The van der Waals surface area contributed by atoms with Crippen LogP contribution >= 0.6 is 0 Å². The van der Waals surface area contributed by atoms with Gasteiger partial charge in [-0.3, -0.25) is 4.79 Å². The zero-order chi connectivity index (χ0) is 30.5. The van der Waals surface area contributed by atoms with E-state index in [1.54, 1.807) is 18.2 Å². The second-order valence-electron chi connectivity index (χ2n) is 10.9. The smallest absolute Gasteiger partial charge is 0.253 e. The third-order valence-corrected chi connectivity index (χ3v) is 7.75. The van der Waals surface area contributed by atoms with Crippen LogP contribution in [0.25, 0.3) is 11.4 Å². The van der Waals surface area contributed by atoms with E-state index in [9.17, 15) is 19.6 Å². The van der Waals surface area contributed by atoms with Crippen molar-refractivity contribution in [2.45, 2.75) is 37.8 Å². The number of anilines is 3. The number of nitriles is 1. The van der Waals surface area contributed by atoms with E-state index in [2.05, 4.69) is 62.2 Å². The second-order valence-corrected chi connectivity index (χ2v) is 10.9. The van der Waals surface area contributed by atoms with Crippen molar-refractivity contribution in [2.24, 2.45) is 0 Å². The molecule has 2 aromatic carbocycles. The van der Waals surface area contributed by atoms with Gasteiger partial charge in [0, 0.05) is 55.6 Å². The average Bonchev–Trinajstić information content (AvgIpc) is 3.02. The molecule has 3 N–H and O–H groups in total. The Balaban J connectivity index is 1.24. The van der Waals surface area contributed by atoms with Gasteiger partial charge in [0.15, 0.2) is 18.1 Å². The Labute approximate surface area is 249 Å². The highest BCUT2D eigenvalue weighted by Gasteiger charge is 2.35. The fourth-order valence-corrected chi connectivity index (χ4v) is 5.41. The molecule has 0 aliphatic carbocycles. The average molecular weight is 591 g/mol. The Morgan fingerprint density at radius 1 is 1.19 bits per heavy atom. The molecule has 1 aromatic heterocycles. The third kappa shape index (κ3) is 6.99. The number of halogens is 1. The first-order valence-electron chi connectivity index (χ1n) is 14.2. The molecule has 0 spiro atoms. The van der Waals surface area contributed by atoms with Crippen molar-refractivity contribution in [1.82, 2.24) is 24.8 Å². The molecule has 0 saturated carbocycles. The van der Waals surface area contributed by atoms with Crippen LogP contribution in [-0.2, 0) is 4.79 Å². The molecule has 0 bridgehead atoms. The number of likely N-dealkylation sites (tertiary alicyclic amines) is 1. The summed E-state index contributed by atoms with van der Waals surface area (Å²) in [6, 6.07) is 15.5. The van der Waals surface area contributed by atoms with E-state index in [1.165, 1.54) is 6.33 Å². The Kier molecular flexibility index (Phi) is 9.30. The van der Waals surface area contributed by atoms with Gasteiger partial charge < -0.3 is 35.0 Å². The standard InChI is InChI=1S/C30H35FN8O4/c1-19-15-37(2)11-12-39(19)23-6-4-22(5-7-23)35-30-34-18-33-28(36-30)20-3-8-26(21(13-20)14-32)43-27-9-10-38(16-24(27)31)29(42)25(41)17-40/h3-8,13,18-19,24-25,27,40-41H,9-12,15-17H2,1-2H3,(H,33,34,35,36)/t19?,24-,25?,27+/m1/s1. The van der Waals surface area contributed by atoms with Gasteiger partial charge in [-0.25, -0.2) is 14.4 Å². The van der Waals surface area contributed by atoms with Crippen LogP contribution in [0.5, 0.6) is 5.75 Å². The summed E-state index contributed by atoms with van der Waals surface area (Å²) in [7, 11) is 2.14. The number of carbonyl (C=O) groups excluding carboxylic acids is 1. The summed E-state index contributed by atoms with van der Waals surface area (Å²) in [6.45, 7) is 4.38. The first-order valence-corrected chi connectivity index (χ1v) is 14.2. The molecule has 0 radical (unpaired) electrons. The molecule has 3 heterocycles. The lowest BCUT2D eigenvalue weighted by Crippen LogP contribution is -2.52. The Morgan fingerprint density at radius 3 is 2.67 bits per heavy atom. The normalized spacial score (nSPS) is 21.6. The van der Waals surface area contributed by atoms with Crippen LogP contribution in [0.4, 0.5) is 21.7 Å². The predicted octanol–water partition coefficient (Wildman–Crippen LogP) is 1.97. The van der Waals surface area contributed by atoms with Crippen molar-refractivity contribution in [2.75, 3.05) is 56.6 Å². The fraction of sp³-hybridized carbons (Fsp3) is 0.433. The third-order valence-electron chi connectivity index (χ3n) is 7.75. The maximum absolute atomic E-state index is 14.9. The summed E-state index contributed by atoms with van der Waals surface area (Å²) in [5.74, 6) is 0.170. The van der Waals surface area contributed by atoms with Crippen molar-refractivity contribution in [1.29, 1.82) is 5.26 Å². The van der Waals surface area contributed by atoms with Crippen LogP contribution in [0.3, 0.4) is 0 Å². The van der Waals surface area contributed by atoms with Crippen LogP contribution in [0.2, 0.25) is 0 Å². The highest BCUT2D eigenvalue weighted by Crippen LogP contribution is 2.29. The van der Waals surface area contributed by atoms with Gasteiger partial charge in [0.2, 0.25) is 5.95 Å². The number of hydrogen-bond donors (Lipinski definition) is 3. The number of nitrogens with zero attached hydrogens (tertiary/aromatic N) is 7. The van der Waals surface area contributed by atoms with E-state index in [0.717, 1.165) is 35.9 Å². The largest absolute Gasteiger partial charge is 0.486 e. The molecule has 3 aromatic rings. The van der Waals surface area contributed by atoms with Gasteiger partial charge in [0.05, 0.1) is 18.7 Å². The topological polar surface area (TPSA) is 151 Å². The number of amides is 1. The molecule has 12 nitrogen and oxygen atoms in total. The lowest BCUT2D eigenvalue weighted by Gasteiger charge is -2.39. The molecule has 5 rings (SSSR count). The predicted molar refractivity (Wildman–Crippen MR) is 158 cm³/mol. The molecule has 2 aliphatic heterocycles. The van der Waals surface area contributed by atoms with Gasteiger partial charge in [0.25, 0.3) is 5.91 Å². The zero-order valence-electron chi connectivity index (χ0n) is 24.1. The van der Waals surface area contributed by atoms with Crippen molar-refractivity contribution < 1.29 is 24.1 Å². The first kappa shape index (κ1) is 30.1. The van der Waals surface area contributed by atoms with Gasteiger partial charge in [0.1, 0.15) is 24.3 Å². The Morgan fingerprint density at radius 2 is 1.98 bits per heavy atom. The van der Waals surface area contributed by atoms with E-state index in [0.29, 0.717) is 23.4 Å². The van der Waals surface area contributed by atoms with E-state index in [4.69, 9.17) is 9.84 Å². The zero-order valence-corrected chi connectivity index (χ0v) is 24.1. The molecule has 2 fully saturated rings. The number of carbonyl (C=O) groups is 1. The second kappa shape index (κ2) is 13.3. The molecule has 226 valence electrons. The van der Waals surface area contributed by atoms with Gasteiger partial charge in [-0.05, 0) is 56.4 Å². The van der Waals surface area contributed by atoms with Gasteiger partial charge in [-0.2, -0.15) is 10.2 Å². The van der Waals surface area contributed by atoms with Gasteiger partial charge in [-0.1, -0.05) is 0 Å². The van der Waals surface area contributed by atoms with Crippen molar-refractivity contribution in [3.8, 4) is 23.2 Å².